The first-order valence-electron chi connectivity index (χ1n) is 6.32. The van der Waals surface area contributed by atoms with Crippen molar-refractivity contribution in [3.63, 3.8) is 0 Å². The second-order valence-electron chi connectivity index (χ2n) is 4.44. The minimum Gasteiger partial charge on any atom is -0.237 e. The molecule has 3 rings (SSSR count). The SMILES string of the molecule is c1ccc(Cc2cccc(-c3ncccn3)c2)cc1. The van der Waals surface area contributed by atoms with Gasteiger partial charge in [-0.25, -0.2) is 9.97 Å². The molecule has 0 atom stereocenters. The standard InChI is InChI=1S/C17H14N2/c1-2-6-14(7-3-1)12-15-8-4-9-16(13-15)17-18-10-5-11-19-17/h1-11,13H,12H2. The van der Waals surface area contributed by atoms with Gasteiger partial charge in [-0.05, 0) is 29.7 Å². The Hall–Kier alpha value is -2.48. The first kappa shape index (κ1) is 11.6. The van der Waals surface area contributed by atoms with Crippen molar-refractivity contribution in [2.75, 3.05) is 0 Å². The molecule has 0 amide bonds. The van der Waals surface area contributed by atoms with Gasteiger partial charge in [-0.3, -0.25) is 0 Å². The molecule has 0 unspecified atom stereocenters. The molecule has 0 radical (unpaired) electrons. The van der Waals surface area contributed by atoms with Gasteiger partial charge in [0.15, 0.2) is 5.82 Å². The van der Waals surface area contributed by atoms with Gasteiger partial charge in [0.2, 0.25) is 0 Å². The molecule has 3 aromatic rings. The molecule has 0 saturated carbocycles. The fourth-order valence-electron chi connectivity index (χ4n) is 2.10. The van der Waals surface area contributed by atoms with Crippen LogP contribution in [0.4, 0.5) is 0 Å². The van der Waals surface area contributed by atoms with E-state index in [1.165, 1.54) is 11.1 Å². The van der Waals surface area contributed by atoms with Crippen LogP contribution in [0.3, 0.4) is 0 Å². The summed E-state index contributed by atoms with van der Waals surface area (Å²) in [6.07, 6.45) is 4.47. The smallest absolute Gasteiger partial charge is 0.159 e. The quantitative estimate of drug-likeness (QED) is 0.703. The third-order valence-corrected chi connectivity index (χ3v) is 3.00. The fraction of sp³-hybridized carbons (Fsp3) is 0.0588. The van der Waals surface area contributed by atoms with Crippen LogP contribution < -0.4 is 0 Å². The Labute approximate surface area is 112 Å². The van der Waals surface area contributed by atoms with Gasteiger partial charge < -0.3 is 0 Å². The largest absolute Gasteiger partial charge is 0.237 e. The Morgan fingerprint density at radius 1 is 0.684 bits per heavy atom. The van der Waals surface area contributed by atoms with Crippen LogP contribution in [-0.4, -0.2) is 9.97 Å². The molecule has 0 spiro atoms. The van der Waals surface area contributed by atoms with E-state index in [0.29, 0.717) is 0 Å². The third-order valence-electron chi connectivity index (χ3n) is 3.00. The van der Waals surface area contributed by atoms with Crippen molar-refractivity contribution in [3.8, 4) is 11.4 Å². The van der Waals surface area contributed by atoms with E-state index >= 15 is 0 Å². The summed E-state index contributed by atoms with van der Waals surface area (Å²) in [5.74, 6) is 0.775. The minimum atomic E-state index is 0.775. The highest BCUT2D eigenvalue weighted by atomic mass is 14.8. The lowest BCUT2D eigenvalue weighted by Crippen LogP contribution is -1.91. The molecule has 0 fully saturated rings. The van der Waals surface area contributed by atoms with Crippen molar-refractivity contribution < 1.29 is 0 Å². The molecule has 1 heterocycles. The summed E-state index contributed by atoms with van der Waals surface area (Å²) in [7, 11) is 0. The van der Waals surface area contributed by atoms with E-state index in [4.69, 9.17) is 0 Å². The maximum absolute atomic E-state index is 4.29. The molecule has 0 N–H and O–H groups in total. The van der Waals surface area contributed by atoms with Crippen molar-refractivity contribution in [1.29, 1.82) is 0 Å². The van der Waals surface area contributed by atoms with Crippen molar-refractivity contribution in [2.45, 2.75) is 6.42 Å². The molecule has 0 aliphatic rings. The van der Waals surface area contributed by atoms with Crippen LogP contribution in [0, 0.1) is 0 Å². The molecular formula is C17H14N2. The zero-order valence-corrected chi connectivity index (χ0v) is 10.5. The van der Waals surface area contributed by atoms with Gasteiger partial charge in [0, 0.05) is 18.0 Å². The second-order valence-corrected chi connectivity index (χ2v) is 4.44. The number of hydrogen-bond donors (Lipinski definition) is 0. The van der Waals surface area contributed by atoms with Crippen molar-refractivity contribution in [2.24, 2.45) is 0 Å². The van der Waals surface area contributed by atoms with Crippen LogP contribution >= 0.6 is 0 Å². The van der Waals surface area contributed by atoms with Crippen molar-refractivity contribution in [1.82, 2.24) is 9.97 Å². The van der Waals surface area contributed by atoms with Crippen LogP contribution in [0.1, 0.15) is 11.1 Å². The van der Waals surface area contributed by atoms with Gasteiger partial charge in [0.25, 0.3) is 0 Å². The topological polar surface area (TPSA) is 25.8 Å². The van der Waals surface area contributed by atoms with Crippen molar-refractivity contribution >= 4 is 0 Å². The molecule has 19 heavy (non-hydrogen) atoms. The van der Waals surface area contributed by atoms with Crippen LogP contribution in [0.25, 0.3) is 11.4 Å². The molecule has 0 bridgehead atoms. The van der Waals surface area contributed by atoms with E-state index in [0.717, 1.165) is 17.8 Å². The molecule has 0 aliphatic carbocycles. The van der Waals surface area contributed by atoms with E-state index in [9.17, 15) is 0 Å². The predicted octanol–water partition coefficient (Wildman–Crippen LogP) is 3.73. The minimum absolute atomic E-state index is 0.775. The molecule has 1 aromatic heterocycles. The predicted molar refractivity (Wildman–Crippen MR) is 76.7 cm³/mol. The maximum atomic E-state index is 4.29. The van der Waals surface area contributed by atoms with E-state index in [1.807, 2.05) is 18.2 Å². The summed E-state index contributed by atoms with van der Waals surface area (Å²) >= 11 is 0. The van der Waals surface area contributed by atoms with Crippen LogP contribution in [0.5, 0.6) is 0 Å². The third kappa shape index (κ3) is 2.86. The highest BCUT2D eigenvalue weighted by Crippen LogP contribution is 2.17. The first-order chi connectivity index (χ1) is 9.42. The lowest BCUT2D eigenvalue weighted by molar-refractivity contribution is 1.16. The monoisotopic (exact) mass is 246 g/mol. The van der Waals surface area contributed by atoms with Gasteiger partial charge in [-0.15, -0.1) is 0 Å². The molecule has 2 heteroatoms. The fourth-order valence-corrected chi connectivity index (χ4v) is 2.10. The molecule has 0 aliphatic heterocycles. The highest BCUT2D eigenvalue weighted by Gasteiger charge is 2.02. The second kappa shape index (κ2) is 5.44. The zero-order chi connectivity index (χ0) is 12.9. The van der Waals surface area contributed by atoms with E-state index in [2.05, 4.69) is 52.4 Å². The Morgan fingerprint density at radius 2 is 1.42 bits per heavy atom. The summed E-state index contributed by atoms with van der Waals surface area (Å²) < 4.78 is 0. The maximum Gasteiger partial charge on any atom is 0.159 e. The average Bonchev–Trinajstić information content (AvgIpc) is 2.49. The lowest BCUT2D eigenvalue weighted by atomic mass is 10.0. The van der Waals surface area contributed by atoms with Crippen LogP contribution in [0.2, 0.25) is 0 Å². The summed E-state index contributed by atoms with van der Waals surface area (Å²) in [4.78, 5) is 8.57. The normalized spacial score (nSPS) is 10.3. The van der Waals surface area contributed by atoms with Crippen LogP contribution in [0.15, 0.2) is 73.1 Å². The molecule has 92 valence electrons. The van der Waals surface area contributed by atoms with Gasteiger partial charge >= 0.3 is 0 Å². The Bertz CT molecular complexity index is 648. The number of hydrogen-bond acceptors (Lipinski definition) is 2. The van der Waals surface area contributed by atoms with E-state index in [-0.39, 0.29) is 0 Å². The Balaban J connectivity index is 1.89. The highest BCUT2D eigenvalue weighted by molar-refractivity contribution is 5.55. The lowest BCUT2D eigenvalue weighted by Gasteiger charge is -2.04. The number of aromatic nitrogens is 2. The van der Waals surface area contributed by atoms with Gasteiger partial charge in [0.05, 0.1) is 0 Å². The summed E-state index contributed by atoms with van der Waals surface area (Å²) in [5, 5.41) is 0. The van der Waals surface area contributed by atoms with Crippen molar-refractivity contribution in [3.05, 3.63) is 84.2 Å². The first-order valence-corrected chi connectivity index (χ1v) is 6.32. The Morgan fingerprint density at radius 3 is 2.21 bits per heavy atom. The van der Waals surface area contributed by atoms with Gasteiger partial charge in [0.1, 0.15) is 0 Å². The molecule has 0 saturated heterocycles. The van der Waals surface area contributed by atoms with E-state index < -0.39 is 0 Å². The zero-order valence-electron chi connectivity index (χ0n) is 10.5. The summed E-state index contributed by atoms with van der Waals surface area (Å²) in [6, 6.07) is 20.7. The molecular weight excluding hydrogens is 232 g/mol. The Kier molecular flexibility index (Phi) is 3.32. The average molecular weight is 246 g/mol. The van der Waals surface area contributed by atoms with Gasteiger partial charge in [-0.1, -0.05) is 48.5 Å². The molecule has 2 nitrogen and oxygen atoms in total. The molecule has 2 aromatic carbocycles. The van der Waals surface area contributed by atoms with Gasteiger partial charge in [-0.2, -0.15) is 0 Å². The summed E-state index contributed by atoms with van der Waals surface area (Å²) in [6.45, 7) is 0. The summed E-state index contributed by atoms with van der Waals surface area (Å²) in [5.41, 5.74) is 3.65. The van der Waals surface area contributed by atoms with E-state index in [1.54, 1.807) is 12.4 Å². The van der Waals surface area contributed by atoms with Crippen LogP contribution in [-0.2, 0) is 6.42 Å². The number of nitrogens with zero attached hydrogens (tertiary/aromatic N) is 2. The number of rotatable bonds is 3. The number of benzene rings is 2.